The maximum absolute atomic E-state index is 5.06. The summed E-state index contributed by atoms with van der Waals surface area (Å²) in [5, 5.41) is 0. The Bertz CT molecular complexity index is 98.7. The second-order valence-electron chi connectivity index (χ2n) is 1.87. The Hall–Kier alpha value is -0.0300. The van der Waals surface area contributed by atoms with E-state index < -0.39 is 0 Å². The van der Waals surface area contributed by atoms with Gasteiger partial charge in [0.1, 0.15) is 0 Å². The molecule has 46 valence electrons. The number of hydrogen-bond donors (Lipinski definition) is 0. The van der Waals surface area contributed by atoms with Gasteiger partial charge in [0.15, 0.2) is 0 Å². The van der Waals surface area contributed by atoms with Crippen molar-refractivity contribution >= 4 is 8.58 Å². The van der Waals surface area contributed by atoms with Gasteiger partial charge in [0, 0.05) is 6.42 Å². The molecule has 0 N–H and O–H groups in total. The van der Waals surface area contributed by atoms with Crippen LogP contribution >= 0.6 is 8.58 Å². The normalized spacial score (nSPS) is 22.9. The molecule has 0 amide bonds. The van der Waals surface area contributed by atoms with E-state index in [0.717, 1.165) is 15.0 Å². The summed E-state index contributed by atoms with van der Waals surface area (Å²) in [4.78, 5) is 0. The number of ether oxygens (including phenoxy) is 1. The molecule has 0 aromatic rings. The number of methoxy groups -OCH3 is 1. The first kappa shape index (κ1) is 6.10. The molecule has 1 aliphatic heterocycles. The van der Waals surface area contributed by atoms with Crippen molar-refractivity contribution in [2.75, 3.05) is 13.3 Å². The molecule has 1 aliphatic rings. The van der Waals surface area contributed by atoms with Crippen molar-refractivity contribution < 1.29 is 4.74 Å². The largest absolute Gasteiger partial charge is 0.501 e. The summed E-state index contributed by atoms with van der Waals surface area (Å²) in [5.41, 5.74) is 0. The Kier molecular flexibility index (Phi) is 2.35. The summed E-state index contributed by atoms with van der Waals surface area (Å²) >= 11 is 0. The van der Waals surface area contributed by atoms with E-state index in [2.05, 4.69) is 5.82 Å². The first-order chi connectivity index (χ1) is 3.93. The van der Waals surface area contributed by atoms with Crippen molar-refractivity contribution in [1.82, 2.24) is 0 Å². The molecule has 0 spiro atoms. The van der Waals surface area contributed by atoms with E-state index in [1.165, 1.54) is 18.3 Å². The number of hydrogen-bond acceptors (Lipinski definition) is 1. The average Bonchev–Trinajstić information content (AvgIpc) is 1.90. The van der Waals surface area contributed by atoms with Crippen LogP contribution in [0.1, 0.15) is 12.8 Å². The Morgan fingerprint density at radius 1 is 1.75 bits per heavy atom. The SMILES string of the molecule is COC1=CPCCC1. The van der Waals surface area contributed by atoms with E-state index in [1.807, 2.05) is 0 Å². The molecule has 1 atom stereocenters. The van der Waals surface area contributed by atoms with E-state index in [1.54, 1.807) is 7.11 Å². The van der Waals surface area contributed by atoms with Gasteiger partial charge in [-0.05, 0) is 18.4 Å². The first-order valence-electron chi connectivity index (χ1n) is 2.90. The van der Waals surface area contributed by atoms with Gasteiger partial charge in [-0.25, -0.2) is 0 Å². The lowest BCUT2D eigenvalue weighted by atomic mass is 10.3. The van der Waals surface area contributed by atoms with Crippen LogP contribution in [0.25, 0.3) is 0 Å². The lowest BCUT2D eigenvalue weighted by molar-refractivity contribution is 0.276. The molecular weight excluding hydrogens is 119 g/mol. The lowest BCUT2D eigenvalue weighted by Gasteiger charge is -2.09. The van der Waals surface area contributed by atoms with E-state index in [-0.39, 0.29) is 0 Å². The van der Waals surface area contributed by atoms with Crippen LogP contribution in [0.4, 0.5) is 0 Å². The predicted octanol–water partition coefficient (Wildman–Crippen LogP) is 1.95. The van der Waals surface area contributed by atoms with Crippen LogP contribution in [0.3, 0.4) is 0 Å². The zero-order chi connectivity index (χ0) is 5.82. The second-order valence-corrected chi connectivity index (χ2v) is 3.07. The Morgan fingerprint density at radius 3 is 3.00 bits per heavy atom. The topological polar surface area (TPSA) is 9.23 Å². The van der Waals surface area contributed by atoms with Gasteiger partial charge in [-0.1, -0.05) is 8.58 Å². The summed E-state index contributed by atoms with van der Waals surface area (Å²) < 4.78 is 5.06. The van der Waals surface area contributed by atoms with Crippen LogP contribution in [0, 0.1) is 0 Å². The highest BCUT2D eigenvalue weighted by Gasteiger charge is 2.00. The molecule has 0 aliphatic carbocycles. The van der Waals surface area contributed by atoms with Gasteiger partial charge in [0.05, 0.1) is 12.9 Å². The summed E-state index contributed by atoms with van der Waals surface area (Å²) in [7, 11) is 2.75. The summed E-state index contributed by atoms with van der Waals surface area (Å²) in [5.74, 6) is 3.40. The van der Waals surface area contributed by atoms with Crippen LogP contribution in [0.5, 0.6) is 0 Å². The molecule has 0 aromatic heterocycles. The number of rotatable bonds is 1. The van der Waals surface area contributed by atoms with Crippen LogP contribution < -0.4 is 0 Å². The van der Waals surface area contributed by atoms with Crippen molar-refractivity contribution in [3.63, 3.8) is 0 Å². The Morgan fingerprint density at radius 2 is 2.62 bits per heavy atom. The predicted molar refractivity (Wildman–Crippen MR) is 37.5 cm³/mol. The van der Waals surface area contributed by atoms with Crippen molar-refractivity contribution in [3.05, 3.63) is 11.6 Å². The maximum Gasteiger partial charge on any atom is 0.0957 e. The highest BCUT2D eigenvalue weighted by molar-refractivity contribution is 7.41. The molecule has 8 heavy (non-hydrogen) atoms. The van der Waals surface area contributed by atoms with Gasteiger partial charge in [-0.15, -0.1) is 0 Å². The van der Waals surface area contributed by atoms with Crippen LogP contribution in [-0.4, -0.2) is 13.3 Å². The first-order valence-corrected chi connectivity index (χ1v) is 4.18. The second kappa shape index (κ2) is 3.09. The fourth-order valence-electron chi connectivity index (χ4n) is 0.784. The highest BCUT2D eigenvalue weighted by atomic mass is 31.1. The third-order valence-electron chi connectivity index (χ3n) is 1.27. The zero-order valence-electron chi connectivity index (χ0n) is 5.11. The van der Waals surface area contributed by atoms with Crippen LogP contribution in [0.15, 0.2) is 11.6 Å². The smallest absolute Gasteiger partial charge is 0.0957 e. The molecule has 0 fully saturated rings. The minimum Gasteiger partial charge on any atom is -0.501 e. The average molecular weight is 130 g/mol. The number of allylic oxidation sites excluding steroid dienone is 1. The Labute approximate surface area is 51.9 Å². The van der Waals surface area contributed by atoms with Crippen LogP contribution in [0.2, 0.25) is 0 Å². The van der Waals surface area contributed by atoms with Crippen molar-refractivity contribution in [1.29, 1.82) is 0 Å². The molecule has 1 unspecified atom stereocenters. The molecule has 1 nitrogen and oxygen atoms in total. The van der Waals surface area contributed by atoms with E-state index in [9.17, 15) is 0 Å². The molecule has 0 bridgehead atoms. The van der Waals surface area contributed by atoms with E-state index in [4.69, 9.17) is 4.74 Å². The van der Waals surface area contributed by atoms with Gasteiger partial charge < -0.3 is 4.74 Å². The van der Waals surface area contributed by atoms with Crippen molar-refractivity contribution in [2.24, 2.45) is 0 Å². The molecule has 0 saturated carbocycles. The van der Waals surface area contributed by atoms with Gasteiger partial charge in [-0.2, -0.15) is 0 Å². The van der Waals surface area contributed by atoms with Crippen molar-refractivity contribution in [2.45, 2.75) is 12.8 Å². The summed E-state index contributed by atoms with van der Waals surface area (Å²) in [6, 6.07) is 0. The third kappa shape index (κ3) is 1.48. The van der Waals surface area contributed by atoms with Gasteiger partial charge in [-0.3, -0.25) is 0 Å². The van der Waals surface area contributed by atoms with Gasteiger partial charge >= 0.3 is 0 Å². The maximum atomic E-state index is 5.06. The summed E-state index contributed by atoms with van der Waals surface area (Å²) in [6.45, 7) is 0. The quantitative estimate of drug-likeness (QED) is 0.493. The monoisotopic (exact) mass is 130 g/mol. The third-order valence-corrected chi connectivity index (χ3v) is 2.44. The molecular formula is C6H11OP. The molecule has 1 rings (SSSR count). The molecule has 0 saturated heterocycles. The standard InChI is InChI=1S/C6H11OP/c1-7-6-3-2-4-8-5-6/h5,8H,2-4H2,1H3. The molecule has 1 heterocycles. The minimum atomic E-state index is 1.00. The molecule has 2 heteroatoms. The van der Waals surface area contributed by atoms with Gasteiger partial charge in [0.25, 0.3) is 0 Å². The van der Waals surface area contributed by atoms with E-state index in [0.29, 0.717) is 0 Å². The molecule has 0 aromatic carbocycles. The fraction of sp³-hybridized carbons (Fsp3) is 0.667. The van der Waals surface area contributed by atoms with E-state index >= 15 is 0 Å². The van der Waals surface area contributed by atoms with Gasteiger partial charge in [0.2, 0.25) is 0 Å². The minimum absolute atomic E-state index is 1.00. The fourth-order valence-corrected chi connectivity index (χ4v) is 1.80. The lowest BCUT2D eigenvalue weighted by Crippen LogP contribution is -1.91. The highest BCUT2D eigenvalue weighted by Crippen LogP contribution is 2.25. The Balaban J connectivity index is 2.37. The zero-order valence-corrected chi connectivity index (χ0v) is 6.11. The van der Waals surface area contributed by atoms with Crippen LogP contribution in [-0.2, 0) is 4.74 Å². The van der Waals surface area contributed by atoms with Crippen molar-refractivity contribution in [3.8, 4) is 0 Å². The summed E-state index contributed by atoms with van der Waals surface area (Å²) in [6.07, 6.45) is 3.84. The molecule has 0 radical (unpaired) electrons.